The van der Waals surface area contributed by atoms with E-state index in [9.17, 15) is 0 Å². The molecule has 0 aromatic rings. The van der Waals surface area contributed by atoms with Crippen LogP contribution in [0.3, 0.4) is 0 Å². The van der Waals surface area contributed by atoms with Gasteiger partial charge >= 0.3 is 25.6 Å². The molecule has 0 fully saturated rings. The predicted octanol–water partition coefficient (Wildman–Crippen LogP) is -0.883. The molecule has 1 nitrogen and oxygen atoms in total. The molecular formula is InOSnTi. The Morgan fingerprint density at radius 3 is 1.25 bits per heavy atom. The van der Waals surface area contributed by atoms with Crippen LogP contribution in [-0.2, 0) is 24.8 Å². The smallest absolute Gasteiger partial charge is 0 e. The van der Waals surface area contributed by atoms with Crippen molar-refractivity contribution in [1.29, 1.82) is 0 Å². The third-order valence-corrected chi connectivity index (χ3v) is 0. The molecule has 0 aromatic heterocycles. The molecule has 0 saturated carbocycles. The molecule has 5 radical (unpaired) electrons. The van der Waals surface area contributed by atoms with Gasteiger partial charge in [0.2, 0.25) is 0 Å². The quantitative estimate of drug-likeness (QED) is 0.531. The van der Waals surface area contributed by atoms with Crippen molar-refractivity contribution in [3.8, 4) is 0 Å². The van der Waals surface area contributed by atoms with Crippen LogP contribution in [-0.4, -0.2) is 48.4 Å². The van der Waals surface area contributed by atoms with Gasteiger partial charge in [0.1, 0.15) is 0 Å². The van der Waals surface area contributed by atoms with Crippen LogP contribution in [0, 0.1) is 0 Å². The molecule has 0 saturated heterocycles. The van der Waals surface area contributed by atoms with E-state index in [0.29, 0.717) is 22.5 Å². The first-order valence-electron chi connectivity index (χ1n) is 0.204. The van der Waals surface area contributed by atoms with E-state index in [4.69, 9.17) is 3.08 Å². The van der Waals surface area contributed by atoms with Gasteiger partial charge in [0, 0.05) is 47.6 Å². The molecule has 0 spiro atoms. The Morgan fingerprint density at radius 2 is 1.25 bits per heavy atom. The topological polar surface area (TPSA) is 17.1 Å². The zero-order chi connectivity index (χ0) is 2.00. The van der Waals surface area contributed by atoms with Crippen LogP contribution in [0.5, 0.6) is 0 Å². The fraction of sp³-hybridized carbons (Fsp3) is 0. The second-order valence-electron chi connectivity index (χ2n) is 0. The molecule has 17 valence electrons. The van der Waals surface area contributed by atoms with Gasteiger partial charge in [-0.05, 0) is 0 Å². The minimum Gasteiger partial charge on any atom is 0 e. The molecule has 4 heavy (non-hydrogen) atoms. The minimum absolute atomic E-state index is 0. The number of rotatable bonds is 0. The maximum atomic E-state index is 8.34. The Morgan fingerprint density at radius 1 is 1.25 bits per heavy atom. The largest absolute Gasteiger partial charge is 0 e. The third kappa shape index (κ3) is 8.89. The van der Waals surface area contributed by atoms with E-state index in [0.717, 1.165) is 0 Å². The summed E-state index contributed by atoms with van der Waals surface area (Å²) >= 11 is 0.300. The monoisotopic (exact) mass is 299 g/mol. The Kier molecular flexibility index (Phi) is 78.0. The van der Waals surface area contributed by atoms with Crippen LogP contribution in [0.2, 0.25) is 0 Å². The Hall–Kier alpha value is 2.18. The van der Waals surface area contributed by atoms with Crippen molar-refractivity contribution in [3.05, 3.63) is 0 Å². The van der Waals surface area contributed by atoms with E-state index in [2.05, 4.69) is 0 Å². The maximum Gasteiger partial charge on any atom is 0 e. The standard InChI is InChI=1S/In.O.Sn.Ti. The van der Waals surface area contributed by atoms with Crippen molar-refractivity contribution < 1.29 is 24.8 Å². The fourth-order valence-electron chi connectivity index (χ4n) is 0. The summed E-state index contributed by atoms with van der Waals surface area (Å²) in [6.45, 7) is 0. The summed E-state index contributed by atoms with van der Waals surface area (Å²) in [5.41, 5.74) is 0. The molecule has 0 aromatic carbocycles. The van der Waals surface area contributed by atoms with Gasteiger partial charge in [0.15, 0.2) is 0 Å². The van der Waals surface area contributed by atoms with Crippen LogP contribution in [0.4, 0.5) is 0 Å². The van der Waals surface area contributed by atoms with Gasteiger partial charge in [0.25, 0.3) is 0 Å². The molecule has 0 aliphatic carbocycles. The molecule has 0 amide bonds. The van der Waals surface area contributed by atoms with Crippen molar-refractivity contribution in [2.24, 2.45) is 0 Å². The van der Waals surface area contributed by atoms with Crippen molar-refractivity contribution in [3.63, 3.8) is 0 Å². The zero-order valence-electron chi connectivity index (χ0n) is 1.99. The number of hydrogen-bond acceptors (Lipinski definition) is 1. The van der Waals surface area contributed by atoms with E-state index in [1.165, 1.54) is 0 Å². The molecular weight excluding hydrogens is 297 g/mol. The Labute approximate surface area is 72.0 Å². The Balaban J connectivity index is -0.00000000500. The normalized spacial score (nSPS) is 1.00. The fourth-order valence-corrected chi connectivity index (χ4v) is 0. The van der Waals surface area contributed by atoms with Gasteiger partial charge < -0.3 is 0 Å². The average molecular weight is 297 g/mol. The van der Waals surface area contributed by atoms with E-state index in [1.54, 1.807) is 0 Å². The summed E-state index contributed by atoms with van der Waals surface area (Å²) in [6, 6.07) is 0. The molecule has 0 aliphatic rings. The first-order chi connectivity index (χ1) is 1.00. The molecule has 0 N–H and O–H groups in total. The SMILES string of the molecule is [In].[O]=[Sn].[Ti]. The van der Waals surface area contributed by atoms with Crippen molar-refractivity contribution in [1.82, 2.24) is 0 Å². The second-order valence-corrected chi connectivity index (χ2v) is 0. The van der Waals surface area contributed by atoms with Crippen LogP contribution >= 0.6 is 0 Å². The van der Waals surface area contributed by atoms with Crippen molar-refractivity contribution >= 4 is 48.4 Å². The maximum absolute atomic E-state index is 8.34. The van der Waals surface area contributed by atoms with E-state index >= 15 is 0 Å². The van der Waals surface area contributed by atoms with Crippen molar-refractivity contribution in [2.75, 3.05) is 0 Å². The van der Waals surface area contributed by atoms with Gasteiger partial charge in [-0.3, -0.25) is 0 Å². The first-order valence-corrected chi connectivity index (χ1v) is 1.37. The molecule has 0 rings (SSSR count). The summed E-state index contributed by atoms with van der Waals surface area (Å²) in [5, 5.41) is 0. The third-order valence-electron chi connectivity index (χ3n) is 0. The van der Waals surface area contributed by atoms with Gasteiger partial charge in [-0.15, -0.1) is 0 Å². The second kappa shape index (κ2) is 19.0. The van der Waals surface area contributed by atoms with Crippen LogP contribution in [0.1, 0.15) is 0 Å². The van der Waals surface area contributed by atoms with E-state index < -0.39 is 0 Å². The summed E-state index contributed by atoms with van der Waals surface area (Å²) < 4.78 is 8.34. The molecule has 0 unspecified atom stereocenters. The zero-order valence-corrected chi connectivity index (χ0v) is 9.70. The molecule has 0 heterocycles. The molecule has 0 aliphatic heterocycles. The summed E-state index contributed by atoms with van der Waals surface area (Å²) in [6.07, 6.45) is 0. The minimum atomic E-state index is 0. The van der Waals surface area contributed by atoms with Gasteiger partial charge in [-0.25, -0.2) is 0 Å². The number of hydrogen-bond donors (Lipinski definition) is 0. The van der Waals surface area contributed by atoms with Crippen LogP contribution in [0.25, 0.3) is 0 Å². The summed E-state index contributed by atoms with van der Waals surface area (Å²) in [5.74, 6) is 0. The molecule has 4 heteroatoms. The molecule has 0 bridgehead atoms. The van der Waals surface area contributed by atoms with Gasteiger partial charge in [-0.2, -0.15) is 0 Å². The van der Waals surface area contributed by atoms with E-state index in [-0.39, 0.29) is 47.6 Å². The van der Waals surface area contributed by atoms with Crippen LogP contribution < -0.4 is 0 Å². The van der Waals surface area contributed by atoms with Gasteiger partial charge in [-0.1, -0.05) is 0 Å². The van der Waals surface area contributed by atoms with Crippen molar-refractivity contribution in [2.45, 2.75) is 0 Å². The Bertz CT molecular complexity index is 8.00. The predicted molar refractivity (Wildman–Crippen MR) is 12.2 cm³/mol. The summed E-state index contributed by atoms with van der Waals surface area (Å²) in [7, 11) is 0. The summed E-state index contributed by atoms with van der Waals surface area (Å²) in [4.78, 5) is 0. The van der Waals surface area contributed by atoms with Crippen LogP contribution in [0.15, 0.2) is 0 Å². The first kappa shape index (κ1) is 16.4. The molecule has 0 atom stereocenters. The van der Waals surface area contributed by atoms with E-state index in [1.807, 2.05) is 0 Å². The van der Waals surface area contributed by atoms with Gasteiger partial charge in [0.05, 0.1) is 0 Å². The average Bonchev–Trinajstić information content (AvgIpc) is 1.00.